The Hall–Kier alpha value is 1.37. The maximum absolute atomic E-state index is 8.06. The first-order valence-corrected chi connectivity index (χ1v) is 2.83. The van der Waals surface area contributed by atoms with Gasteiger partial charge >= 0.3 is 0 Å². The van der Waals surface area contributed by atoms with Crippen LogP contribution in [-0.4, -0.2) is 22.4 Å². The van der Waals surface area contributed by atoms with E-state index >= 15 is 0 Å². The van der Waals surface area contributed by atoms with Crippen molar-refractivity contribution in [1.82, 2.24) is 0 Å². The van der Waals surface area contributed by atoms with E-state index in [0.29, 0.717) is 0 Å². The van der Waals surface area contributed by atoms with Gasteiger partial charge < -0.3 is 35.0 Å². The monoisotopic (exact) mass is 370 g/mol. The summed E-state index contributed by atoms with van der Waals surface area (Å²) in [6.07, 6.45) is -0.333. The molecule has 0 aliphatic heterocycles. The number of hydrogen-bond acceptors (Lipinski definition) is 2. The number of aliphatic hydroxyl groups excluding tert-OH is 2. The zero-order chi connectivity index (χ0) is 7.15. The molecule has 0 unspecified atom stereocenters. The zero-order valence-corrected chi connectivity index (χ0v) is 12.4. The molecule has 0 saturated carbocycles. The fourth-order valence-electron chi connectivity index (χ4n) is 0. The van der Waals surface area contributed by atoms with E-state index in [1.165, 1.54) is 0 Å². The van der Waals surface area contributed by atoms with Crippen LogP contribution in [0.25, 0.3) is 0 Å². The summed E-state index contributed by atoms with van der Waals surface area (Å²) >= 11 is 0. The van der Waals surface area contributed by atoms with Gasteiger partial charge in [0.05, 0.1) is 0 Å². The summed E-state index contributed by atoms with van der Waals surface area (Å²) in [5.74, 6) is 0. The van der Waals surface area contributed by atoms with Crippen molar-refractivity contribution in [3.05, 3.63) is 0 Å². The van der Waals surface area contributed by atoms with Crippen molar-refractivity contribution in [3.8, 4) is 0 Å². The molecule has 0 aromatic heterocycles. The van der Waals surface area contributed by atoms with Gasteiger partial charge in [-0.25, -0.2) is 0 Å². The van der Waals surface area contributed by atoms with Gasteiger partial charge in [0, 0.05) is 38.1 Å². The van der Waals surface area contributed by atoms with E-state index in [4.69, 9.17) is 10.2 Å². The molecule has 0 radical (unpaired) electrons. The van der Waals surface area contributed by atoms with Crippen molar-refractivity contribution < 1.29 is 60.9 Å². The number of halogens is 2. The Morgan fingerprint density at radius 2 is 0.727 bits per heavy atom. The van der Waals surface area contributed by atoms with Gasteiger partial charge in [0.15, 0.2) is 0 Å². The first-order valence-electron chi connectivity index (χ1n) is 2.83. The maximum atomic E-state index is 8.06. The Morgan fingerprint density at radius 3 is 0.727 bits per heavy atom. The fraction of sp³-hybridized carbons (Fsp3) is 1.00. The predicted molar refractivity (Wildman–Crippen MR) is 34.7 cm³/mol. The first-order chi connectivity index (χ1) is 3.46. The second kappa shape index (κ2) is 22.5. The van der Waals surface area contributed by atoms with Crippen molar-refractivity contribution in [1.29, 1.82) is 0 Å². The van der Waals surface area contributed by atoms with Crippen molar-refractivity contribution in [2.45, 2.75) is 39.9 Å². The Labute approximate surface area is 100 Å². The van der Waals surface area contributed by atoms with Crippen LogP contribution in [0, 0.1) is 0 Å². The van der Waals surface area contributed by atoms with Crippen LogP contribution in [0.3, 0.4) is 0 Å². The minimum Gasteiger partial charge on any atom is -1.00 e. The fourth-order valence-corrected chi connectivity index (χ4v) is 0. The molecule has 0 rings (SSSR count). The molecule has 0 aromatic carbocycles. The topological polar surface area (TPSA) is 40.5 Å². The number of hydrogen-bond donors (Lipinski definition) is 2. The molecule has 0 aromatic rings. The van der Waals surface area contributed by atoms with E-state index in [1.54, 1.807) is 27.7 Å². The summed E-state index contributed by atoms with van der Waals surface area (Å²) in [4.78, 5) is 0. The van der Waals surface area contributed by atoms with Crippen molar-refractivity contribution in [2.75, 3.05) is 0 Å². The van der Waals surface area contributed by atoms with Crippen molar-refractivity contribution >= 4 is 0 Å². The molecular weight excluding hydrogens is 353 g/mol. The van der Waals surface area contributed by atoms with Crippen LogP contribution in [0.2, 0.25) is 0 Å². The van der Waals surface area contributed by atoms with E-state index in [1.807, 2.05) is 0 Å². The minimum absolute atomic E-state index is 0. The Kier molecular flexibility index (Phi) is 60.2. The third-order valence-electron chi connectivity index (χ3n) is 0. The third kappa shape index (κ3) is 532. The summed E-state index contributed by atoms with van der Waals surface area (Å²) in [7, 11) is 0. The maximum Gasteiger partial charge on any atom is 0.0483 e. The molecule has 0 aliphatic carbocycles. The SMILES string of the molecule is CC(C)O.CC(C)O.[Cl-].[Cl-].[Hf]. The Balaban J connectivity index is -0.0000000171. The van der Waals surface area contributed by atoms with E-state index in [2.05, 4.69) is 0 Å². The van der Waals surface area contributed by atoms with Crippen LogP contribution in [0.4, 0.5) is 0 Å². The summed E-state index contributed by atoms with van der Waals surface area (Å²) in [6.45, 7) is 6.89. The van der Waals surface area contributed by atoms with Gasteiger partial charge in [0.2, 0.25) is 0 Å². The molecule has 11 heavy (non-hydrogen) atoms. The normalized spacial score (nSPS) is 6.55. The quantitative estimate of drug-likeness (QED) is 0.419. The molecule has 0 heterocycles. The number of rotatable bonds is 0. The molecule has 0 saturated heterocycles. The van der Waals surface area contributed by atoms with Gasteiger partial charge in [-0.15, -0.1) is 0 Å². The van der Waals surface area contributed by atoms with Crippen LogP contribution in [0.15, 0.2) is 0 Å². The molecule has 0 aliphatic rings. The molecule has 72 valence electrons. The van der Waals surface area contributed by atoms with E-state index in [9.17, 15) is 0 Å². The van der Waals surface area contributed by atoms with Crippen LogP contribution in [0.5, 0.6) is 0 Å². The van der Waals surface area contributed by atoms with Crippen molar-refractivity contribution in [2.24, 2.45) is 0 Å². The molecular formula is C6H16Cl2HfO2-2. The first kappa shape index (κ1) is 29.4. The average molecular weight is 370 g/mol. The third-order valence-corrected chi connectivity index (χ3v) is 0. The van der Waals surface area contributed by atoms with Crippen LogP contribution in [0.1, 0.15) is 27.7 Å². The molecule has 0 bridgehead atoms. The van der Waals surface area contributed by atoms with Gasteiger partial charge in [-0.2, -0.15) is 0 Å². The molecule has 5 heteroatoms. The van der Waals surface area contributed by atoms with Gasteiger partial charge in [-0.3, -0.25) is 0 Å². The summed E-state index contributed by atoms with van der Waals surface area (Å²) < 4.78 is 0. The second-order valence-corrected chi connectivity index (χ2v) is 2.19. The molecule has 0 fully saturated rings. The van der Waals surface area contributed by atoms with Crippen molar-refractivity contribution in [3.63, 3.8) is 0 Å². The second-order valence-electron chi connectivity index (χ2n) is 2.19. The average Bonchev–Trinajstić information content (AvgIpc) is 1.25. The van der Waals surface area contributed by atoms with E-state index in [-0.39, 0.29) is 62.9 Å². The molecule has 0 amide bonds. The summed E-state index contributed by atoms with van der Waals surface area (Å²) in [6, 6.07) is 0. The smallest absolute Gasteiger partial charge is 0.0483 e. The van der Waals surface area contributed by atoms with E-state index < -0.39 is 0 Å². The van der Waals surface area contributed by atoms with E-state index in [0.717, 1.165) is 0 Å². The minimum atomic E-state index is -0.167. The van der Waals surface area contributed by atoms with Gasteiger partial charge in [0.1, 0.15) is 0 Å². The summed E-state index contributed by atoms with van der Waals surface area (Å²) in [5.41, 5.74) is 0. The van der Waals surface area contributed by atoms with Crippen LogP contribution < -0.4 is 24.8 Å². The zero-order valence-electron chi connectivity index (χ0n) is 7.31. The molecule has 0 atom stereocenters. The van der Waals surface area contributed by atoms with Crippen LogP contribution in [-0.2, 0) is 25.8 Å². The molecule has 2 N–H and O–H groups in total. The standard InChI is InChI=1S/2C3H8O.2ClH.Hf/c2*1-3(2)4;;;/h2*3-4H,1-2H3;2*1H;/p-2. The Morgan fingerprint density at radius 1 is 0.727 bits per heavy atom. The largest absolute Gasteiger partial charge is 1.00 e. The predicted octanol–water partition coefficient (Wildman–Crippen LogP) is -5.22. The molecule has 0 spiro atoms. The van der Waals surface area contributed by atoms with Gasteiger partial charge in [0.25, 0.3) is 0 Å². The van der Waals surface area contributed by atoms with Crippen LogP contribution >= 0.6 is 0 Å². The summed E-state index contributed by atoms with van der Waals surface area (Å²) in [5, 5.41) is 16.1. The van der Waals surface area contributed by atoms with Gasteiger partial charge in [-0.05, 0) is 27.7 Å². The Bertz CT molecular complexity index is 34.1. The van der Waals surface area contributed by atoms with Gasteiger partial charge in [-0.1, -0.05) is 0 Å². The molecule has 2 nitrogen and oxygen atoms in total. The number of aliphatic hydroxyl groups is 2.